The maximum atomic E-state index is 10.8. The molecule has 4 nitrogen and oxygen atoms in total. The van der Waals surface area contributed by atoms with E-state index >= 15 is 0 Å². The molecule has 2 aromatic carbocycles. The van der Waals surface area contributed by atoms with E-state index in [1.54, 1.807) is 0 Å². The van der Waals surface area contributed by atoms with Crippen LogP contribution in [-0.2, 0) is 14.0 Å². The number of hydrogen-bond acceptors (Lipinski definition) is 4. The Hall–Kier alpha value is -2.39. The van der Waals surface area contributed by atoms with Crippen molar-refractivity contribution in [3.63, 3.8) is 0 Å². The van der Waals surface area contributed by atoms with Gasteiger partial charge in [0.1, 0.15) is 0 Å². The van der Waals surface area contributed by atoms with Crippen molar-refractivity contribution in [1.29, 1.82) is 0 Å². The Morgan fingerprint density at radius 1 is 1.03 bits per heavy atom. The molecular formula is C26H34O4Si. The van der Waals surface area contributed by atoms with Crippen LogP contribution in [0.5, 0.6) is 0 Å². The molecule has 0 aromatic heterocycles. The van der Waals surface area contributed by atoms with Crippen molar-refractivity contribution < 1.29 is 19.1 Å². The van der Waals surface area contributed by atoms with Crippen LogP contribution in [0.2, 0.25) is 5.04 Å². The largest absolute Gasteiger partial charge is 0.453 e. The molecule has 31 heavy (non-hydrogen) atoms. The standard InChI is InChI=1S/C26H34O4Si/c1-21(13-12-19-29-22(2)27)25(28)18-20-30-31(26(3,4)5,23-14-8-6-9-15-23)24-16-10-7-11-17-24/h6-11,14-17,21,25,28H,18-20H2,1-5H3/t21-,25-/m1/s1. The molecule has 0 spiro atoms. The number of carbonyl (C=O) groups excluding carboxylic acids is 1. The third kappa shape index (κ3) is 6.54. The smallest absolute Gasteiger partial charge is 0.303 e. The Morgan fingerprint density at radius 2 is 1.55 bits per heavy atom. The number of hydrogen-bond donors (Lipinski definition) is 1. The Morgan fingerprint density at radius 3 is 2.00 bits per heavy atom. The average molecular weight is 439 g/mol. The maximum absolute atomic E-state index is 10.8. The van der Waals surface area contributed by atoms with Gasteiger partial charge < -0.3 is 14.3 Å². The highest BCUT2D eigenvalue weighted by Gasteiger charge is 2.50. The van der Waals surface area contributed by atoms with Gasteiger partial charge in [0.05, 0.1) is 6.10 Å². The van der Waals surface area contributed by atoms with E-state index in [1.165, 1.54) is 17.3 Å². The van der Waals surface area contributed by atoms with Crippen LogP contribution >= 0.6 is 0 Å². The Kier molecular flexibility index (Phi) is 9.06. The highest BCUT2D eigenvalue weighted by molar-refractivity contribution is 6.99. The van der Waals surface area contributed by atoms with Crippen LogP contribution in [0.15, 0.2) is 60.7 Å². The van der Waals surface area contributed by atoms with E-state index in [9.17, 15) is 9.90 Å². The Balaban J connectivity index is 2.21. The van der Waals surface area contributed by atoms with Crippen molar-refractivity contribution in [2.75, 3.05) is 13.2 Å². The first-order chi connectivity index (χ1) is 14.7. The van der Waals surface area contributed by atoms with Crippen LogP contribution in [0.3, 0.4) is 0 Å². The number of benzene rings is 2. The maximum Gasteiger partial charge on any atom is 0.303 e. The van der Waals surface area contributed by atoms with Crippen LogP contribution in [0.4, 0.5) is 0 Å². The van der Waals surface area contributed by atoms with Crippen LogP contribution in [0.25, 0.3) is 0 Å². The first-order valence-electron chi connectivity index (χ1n) is 10.7. The van der Waals surface area contributed by atoms with Gasteiger partial charge >= 0.3 is 5.97 Å². The van der Waals surface area contributed by atoms with Crippen LogP contribution < -0.4 is 10.4 Å². The highest BCUT2D eigenvalue weighted by atomic mass is 28.4. The first kappa shape index (κ1) is 24.9. The SMILES string of the molecule is CC(=O)OCC#C[C@@H](C)[C@H](O)CCO[Si](c1ccccc1)(c1ccccc1)C(C)(C)C. The minimum atomic E-state index is -2.60. The van der Waals surface area contributed by atoms with Crippen LogP contribution in [0, 0.1) is 17.8 Å². The van der Waals surface area contributed by atoms with Crippen molar-refractivity contribution in [3.8, 4) is 11.8 Å². The molecule has 5 heteroatoms. The van der Waals surface area contributed by atoms with Crippen LogP contribution in [-0.4, -0.2) is 38.7 Å². The van der Waals surface area contributed by atoms with Gasteiger partial charge in [-0.1, -0.05) is 93.3 Å². The number of ether oxygens (including phenoxy) is 1. The number of aliphatic hydroxyl groups excluding tert-OH is 1. The molecule has 0 aliphatic rings. The molecule has 166 valence electrons. The molecule has 0 aliphatic carbocycles. The molecule has 0 saturated heterocycles. The fraction of sp³-hybridized carbons (Fsp3) is 0.423. The summed E-state index contributed by atoms with van der Waals surface area (Å²) in [6, 6.07) is 20.9. The molecule has 0 heterocycles. The molecule has 0 saturated carbocycles. The van der Waals surface area contributed by atoms with Gasteiger partial charge in [-0.3, -0.25) is 4.79 Å². The minimum absolute atomic E-state index is 0.0466. The quantitative estimate of drug-likeness (QED) is 0.389. The number of aliphatic hydroxyl groups is 1. The lowest BCUT2D eigenvalue weighted by Crippen LogP contribution is -2.66. The number of rotatable bonds is 8. The minimum Gasteiger partial charge on any atom is -0.453 e. The summed E-state index contributed by atoms with van der Waals surface area (Å²) in [7, 11) is -2.60. The van der Waals surface area contributed by atoms with Crippen molar-refractivity contribution in [1.82, 2.24) is 0 Å². The van der Waals surface area contributed by atoms with Gasteiger partial charge in [-0.2, -0.15) is 0 Å². The summed E-state index contributed by atoms with van der Waals surface area (Å²) in [6.07, 6.45) is -0.142. The van der Waals surface area contributed by atoms with Gasteiger partial charge in [0.15, 0.2) is 6.61 Å². The van der Waals surface area contributed by atoms with E-state index in [4.69, 9.17) is 9.16 Å². The summed E-state index contributed by atoms with van der Waals surface area (Å²) >= 11 is 0. The molecule has 0 bridgehead atoms. The number of carbonyl (C=O) groups is 1. The zero-order valence-corrected chi connectivity index (χ0v) is 20.2. The van der Waals surface area contributed by atoms with Gasteiger partial charge in [-0.05, 0) is 28.8 Å². The molecule has 2 rings (SSSR count). The summed E-state index contributed by atoms with van der Waals surface area (Å²) in [5.74, 6) is 5.15. The molecule has 0 radical (unpaired) electrons. The summed E-state index contributed by atoms with van der Waals surface area (Å²) in [6.45, 7) is 10.4. The van der Waals surface area contributed by atoms with E-state index in [-0.39, 0.29) is 23.5 Å². The van der Waals surface area contributed by atoms with Gasteiger partial charge in [-0.25, -0.2) is 0 Å². The monoisotopic (exact) mass is 438 g/mol. The van der Waals surface area contributed by atoms with Crippen molar-refractivity contribution in [2.24, 2.45) is 5.92 Å². The summed E-state index contributed by atoms with van der Waals surface area (Å²) in [5.41, 5.74) is 0. The zero-order valence-electron chi connectivity index (χ0n) is 19.2. The molecule has 0 fully saturated rings. The van der Waals surface area contributed by atoms with E-state index in [1.807, 2.05) is 19.1 Å². The van der Waals surface area contributed by atoms with Gasteiger partial charge in [0.2, 0.25) is 0 Å². The summed E-state index contributed by atoms with van der Waals surface area (Å²) in [4.78, 5) is 10.8. The molecular weight excluding hydrogens is 404 g/mol. The summed E-state index contributed by atoms with van der Waals surface area (Å²) < 4.78 is 11.6. The highest BCUT2D eigenvalue weighted by Crippen LogP contribution is 2.36. The first-order valence-corrected chi connectivity index (χ1v) is 12.6. The molecule has 0 aliphatic heterocycles. The Labute approximate surface area is 187 Å². The predicted molar refractivity (Wildman–Crippen MR) is 128 cm³/mol. The third-order valence-electron chi connectivity index (χ3n) is 5.40. The Bertz CT molecular complexity index is 839. The van der Waals surface area contributed by atoms with Crippen molar-refractivity contribution in [2.45, 2.75) is 52.2 Å². The molecule has 1 N–H and O–H groups in total. The molecule has 0 amide bonds. The van der Waals surface area contributed by atoms with Crippen molar-refractivity contribution >= 4 is 24.7 Å². The van der Waals surface area contributed by atoms with Gasteiger partial charge in [-0.15, -0.1) is 0 Å². The number of esters is 1. The topological polar surface area (TPSA) is 55.8 Å². The fourth-order valence-electron chi connectivity index (χ4n) is 3.78. The average Bonchev–Trinajstić information content (AvgIpc) is 2.74. The van der Waals surface area contributed by atoms with Crippen LogP contribution in [0.1, 0.15) is 41.0 Å². The lowest BCUT2D eigenvalue weighted by molar-refractivity contribution is -0.139. The van der Waals surface area contributed by atoms with E-state index < -0.39 is 14.4 Å². The third-order valence-corrected chi connectivity index (χ3v) is 10.4. The normalized spacial score (nSPS) is 13.6. The van der Waals surface area contributed by atoms with Gasteiger partial charge in [0, 0.05) is 19.4 Å². The second-order valence-corrected chi connectivity index (χ2v) is 13.1. The van der Waals surface area contributed by atoms with E-state index in [2.05, 4.69) is 81.1 Å². The molecule has 0 unspecified atom stereocenters. The zero-order chi connectivity index (χ0) is 22.9. The van der Waals surface area contributed by atoms with Crippen molar-refractivity contribution in [3.05, 3.63) is 60.7 Å². The van der Waals surface area contributed by atoms with E-state index in [0.717, 1.165) is 0 Å². The second kappa shape index (κ2) is 11.3. The predicted octanol–water partition coefficient (Wildman–Crippen LogP) is 3.52. The van der Waals surface area contributed by atoms with Gasteiger partial charge in [0.25, 0.3) is 8.32 Å². The lowest BCUT2D eigenvalue weighted by Gasteiger charge is -2.43. The summed E-state index contributed by atoms with van der Waals surface area (Å²) in [5, 5.41) is 12.9. The van der Waals surface area contributed by atoms with E-state index in [0.29, 0.717) is 13.0 Å². The fourth-order valence-corrected chi connectivity index (χ4v) is 8.36. The molecule has 2 aromatic rings. The lowest BCUT2D eigenvalue weighted by atomic mass is 10.0. The molecule has 2 atom stereocenters. The second-order valence-electron chi connectivity index (χ2n) is 8.76.